The second kappa shape index (κ2) is 2.47. The van der Waals surface area contributed by atoms with Crippen LogP contribution < -0.4 is 10.6 Å². The van der Waals surface area contributed by atoms with Gasteiger partial charge in [0, 0.05) is 18.7 Å². The van der Waals surface area contributed by atoms with E-state index < -0.39 is 0 Å². The van der Waals surface area contributed by atoms with Crippen molar-refractivity contribution in [2.75, 3.05) is 17.2 Å². The van der Waals surface area contributed by atoms with Crippen LogP contribution in [0.3, 0.4) is 0 Å². The molecule has 1 aromatic heterocycles. The largest absolute Gasteiger partial charge is 0.396 e. The number of nitrogens with two attached hydrogens (primary N) is 1. The van der Waals surface area contributed by atoms with E-state index in [0.29, 0.717) is 17.4 Å². The van der Waals surface area contributed by atoms with Gasteiger partial charge in [-0.25, -0.2) is 4.98 Å². The third kappa shape index (κ3) is 0.937. The second-order valence-corrected chi connectivity index (χ2v) is 3.97. The minimum absolute atomic E-state index is 0.195. The van der Waals surface area contributed by atoms with E-state index in [1.165, 1.54) is 0 Å². The fraction of sp³-hybridized carbons (Fsp3) is 0.400. The highest BCUT2D eigenvalue weighted by Gasteiger charge is 2.53. The van der Waals surface area contributed by atoms with Crippen LogP contribution in [0.5, 0.6) is 0 Å². The van der Waals surface area contributed by atoms with Gasteiger partial charge in [0.2, 0.25) is 5.91 Å². The van der Waals surface area contributed by atoms with Crippen molar-refractivity contribution in [2.45, 2.75) is 6.42 Å². The first-order valence-electron chi connectivity index (χ1n) is 4.79. The molecule has 0 spiro atoms. The average molecular weight is 189 g/mol. The molecule has 1 aliphatic carbocycles. The Morgan fingerprint density at radius 2 is 2.43 bits per heavy atom. The summed E-state index contributed by atoms with van der Waals surface area (Å²) in [7, 11) is 0. The lowest BCUT2D eigenvalue weighted by Crippen LogP contribution is -2.29. The Morgan fingerprint density at radius 1 is 1.57 bits per heavy atom. The van der Waals surface area contributed by atoms with Gasteiger partial charge in [-0.15, -0.1) is 0 Å². The van der Waals surface area contributed by atoms with Gasteiger partial charge in [-0.1, -0.05) is 0 Å². The maximum Gasteiger partial charge on any atom is 0.231 e. The van der Waals surface area contributed by atoms with E-state index in [1.807, 2.05) is 0 Å². The topological polar surface area (TPSA) is 59.2 Å². The van der Waals surface area contributed by atoms with Gasteiger partial charge in [0.25, 0.3) is 0 Å². The molecule has 2 atom stereocenters. The summed E-state index contributed by atoms with van der Waals surface area (Å²) in [4.78, 5) is 17.6. The van der Waals surface area contributed by atoms with Crippen LogP contribution in [0, 0.1) is 11.8 Å². The SMILES string of the molecule is Nc1cccnc1N1C[C@H]2C[C@H]2C1=O. The number of nitrogens with zero attached hydrogens (tertiary/aromatic N) is 2. The minimum Gasteiger partial charge on any atom is -0.396 e. The molecule has 2 fully saturated rings. The lowest BCUT2D eigenvalue weighted by Gasteiger charge is -2.18. The second-order valence-electron chi connectivity index (χ2n) is 3.97. The molecule has 2 heterocycles. The molecular weight excluding hydrogens is 178 g/mol. The van der Waals surface area contributed by atoms with Crippen molar-refractivity contribution >= 4 is 17.4 Å². The number of carbonyl (C=O) groups is 1. The molecule has 72 valence electrons. The molecule has 4 nitrogen and oxygen atoms in total. The molecule has 2 N–H and O–H groups in total. The molecular formula is C10H11N3O. The first-order chi connectivity index (χ1) is 6.77. The summed E-state index contributed by atoms with van der Waals surface area (Å²) in [6.45, 7) is 0.796. The van der Waals surface area contributed by atoms with E-state index in [2.05, 4.69) is 4.98 Å². The third-order valence-corrected chi connectivity index (χ3v) is 3.00. The summed E-state index contributed by atoms with van der Waals surface area (Å²) in [5.74, 6) is 1.64. The molecule has 0 unspecified atom stereocenters. The van der Waals surface area contributed by atoms with Crippen molar-refractivity contribution < 1.29 is 4.79 Å². The highest BCUT2D eigenvalue weighted by Crippen LogP contribution is 2.47. The van der Waals surface area contributed by atoms with E-state index in [-0.39, 0.29) is 11.8 Å². The third-order valence-electron chi connectivity index (χ3n) is 3.00. The van der Waals surface area contributed by atoms with Gasteiger partial charge >= 0.3 is 0 Å². The monoisotopic (exact) mass is 189 g/mol. The molecule has 1 saturated heterocycles. The number of hydrogen-bond acceptors (Lipinski definition) is 3. The first-order valence-corrected chi connectivity index (χ1v) is 4.79. The Kier molecular flexibility index (Phi) is 1.37. The van der Waals surface area contributed by atoms with Crippen molar-refractivity contribution in [3.05, 3.63) is 18.3 Å². The number of hydrogen-bond donors (Lipinski definition) is 1. The number of rotatable bonds is 1. The van der Waals surface area contributed by atoms with Gasteiger partial charge in [-0.3, -0.25) is 9.69 Å². The van der Waals surface area contributed by atoms with Crippen LogP contribution in [0.25, 0.3) is 0 Å². The summed E-state index contributed by atoms with van der Waals surface area (Å²) >= 11 is 0. The Balaban J connectivity index is 1.96. The number of fused-ring (bicyclic) bond motifs is 1. The van der Waals surface area contributed by atoms with Gasteiger partial charge < -0.3 is 5.73 Å². The number of anilines is 2. The normalized spacial score (nSPS) is 29.1. The van der Waals surface area contributed by atoms with Gasteiger partial charge in [-0.05, 0) is 24.5 Å². The molecule has 4 heteroatoms. The van der Waals surface area contributed by atoms with Crippen molar-refractivity contribution in [2.24, 2.45) is 11.8 Å². The highest BCUT2D eigenvalue weighted by atomic mass is 16.2. The molecule has 0 bridgehead atoms. The predicted molar refractivity (Wildman–Crippen MR) is 52.6 cm³/mol. The summed E-state index contributed by atoms with van der Waals surface area (Å²) in [5, 5.41) is 0. The van der Waals surface area contributed by atoms with Gasteiger partial charge in [0.15, 0.2) is 5.82 Å². The zero-order valence-electron chi connectivity index (χ0n) is 7.68. The first kappa shape index (κ1) is 7.79. The van der Waals surface area contributed by atoms with E-state index in [0.717, 1.165) is 13.0 Å². The fourth-order valence-electron chi connectivity index (χ4n) is 2.10. The van der Waals surface area contributed by atoms with Crippen LogP contribution >= 0.6 is 0 Å². The van der Waals surface area contributed by atoms with Crippen LogP contribution in [0.1, 0.15) is 6.42 Å². The van der Waals surface area contributed by atoms with Gasteiger partial charge in [0.1, 0.15) is 0 Å². The molecule has 3 rings (SSSR count). The van der Waals surface area contributed by atoms with Gasteiger partial charge in [0.05, 0.1) is 5.69 Å². The quantitative estimate of drug-likeness (QED) is 0.705. The van der Waals surface area contributed by atoms with Crippen LogP contribution in [0.4, 0.5) is 11.5 Å². The van der Waals surface area contributed by atoms with Crippen LogP contribution in [-0.4, -0.2) is 17.4 Å². The van der Waals surface area contributed by atoms with Crippen molar-refractivity contribution in [1.29, 1.82) is 0 Å². The van der Waals surface area contributed by atoms with Crippen LogP contribution in [0.2, 0.25) is 0 Å². The van der Waals surface area contributed by atoms with E-state index in [1.54, 1.807) is 23.2 Å². The molecule has 0 radical (unpaired) electrons. The van der Waals surface area contributed by atoms with Crippen molar-refractivity contribution in [3.63, 3.8) is 0 Å². The minimum atomic E-state index is 0.195. The molecule has 1 amide bonds. The zero-order valence-corrected chi connectivity index (χ0v) is 7.68. The number of piperidine rings is 1. The zero-order chi connectivity index (χ0) is 9.71. The average Bonchev–Trinajstić information content (AvgIpc) is 2.88. The summed E-state index contributed by atoms with van der Waals surface area (Å²) < 4.78 is 0. The Bertz CT molecular complexity index is 404. The molecule has 14 heavy (non-hydrogen) atoms. The van der Waals surface area contributed by atoms with Crippen LogP contribution in [-0.2, 0) is 4.79 Å². The molecule has 2 aliphatic rings. The number of amides is 1. The predicted octanol–water partition coefficient (Wildman–Crippen LogP) is 0.646. The van der Waals surface area contributed by atoms with Crippen molar-refractivity contribution in [1.82, 2.24) is 4.98 Å². The highest BCUT2D eigenvalue weighted by molar-refractivity contribution is 6.00. The standard InChI is InChI=1S/C10H11N3O/c11-8-2-1-3-12-9(8)13-5-6-4-7(6)10(13)14/h1-3,6-7H,4-5,11H2/t6-,7-/m1/s1. The fourth-order valence-corrected chi connectivity index (χ4v) is 2.10. The summed E-state index contributed by atoms with van der Waals surface area (Å²) in [6.07, 6.45) is 2.73. The number of carbonyl (C=O) groups excluding carboxylic acids is 1. The van der Waals surface area contributed by atoms with E-state index >= 15 is 0 Å². The maximum atomic E-state index is 11.7. The Labute approximate surface area is 81.7 Å². The van der Waals surface area contributed by atoms with Crippen LogP contribution in [0.15, 0.2) is 18.3 Å². The van der Waals surface area contributed by atoms with E-state index in [9.17, 15) is 4.79 Å². The Morgan fingerprint density at radius 3 is 3.07 bits per heavy atom. The summed E-state index contributed by atoms with van der Waals surface area (Å²) in [5.41, 5.74) is 6.35. The lowest BCUT2D eigenvalue weighted by atomic mass is 10.3. The van der Waals surface area contributed by atoms with Crippen molar-refractivity contribution in [3.8, 4) is 0 Å². The summed E-state index contributed by atoms with van der Waals surface area (Å²) in [6, 6.07) is 3.56. The number of pyridine rings is 1. The maximum absolute atomic E-state index is 11.7. The molecule has 1 aliphatic heterocycles. The molecule has 1 saturated carbocycles. The number of aromatic nitrogens is 1. The number of nitrogen functional groups attached to an aromatic ring is 1. The molecule has 1 aromatic rings. The molecule has 0 aromatic carbocycles. The Hall–Kier alpha value is -1.58. The van der Waals surface area contributed by atoms with E-state index in [4.69, 9.17) is 5.73 Å². The lowest BCUT2D eigenvalue weighted by molar-refractivity contribution is -0.118. The van der Waals surface area contributed by atoms with Gasteiger partial charge in [-0.2, -0.15) is 0 Å². The smallest absolute Gasteiger partial charge is 0.231 e.